The van der Waals surface area contributed by atoms with Crippen molar-refractivity contribution in [1.82, 2.24) is 9.97 Å². The van der Waals surface area contributed by atoms with Crippen LogP contribution in [0.3, 0.4) is 0 Å². The lowest BCUT2D eigenvalue weighted by molar-refractivity contribution is 0.473. The van der Waals surface area contributed by atoms with Gasteiger partial charge in [-0.2, -0.15) is 27.2 Å². The van der Waals surface area contributed by atoms with Crippen LogP contribution in [0.5, 0.6) is 5.75 Å². The van der Waals surface area contributed by atoms with E-state index in [0.29, 0.717) is 0 Å². The fourth-order valence-electron chi connectivity index (χ4n) is 2.28. The number of nitrogen functional groups attached to an aromatic ring is 1. The summed E-state index contributed by atoms with van der Waals surface area (Å²) in [5.74, 6) is -2.16. The Kier molecular flexibility index (Phi) is 4.30. The first-order chi connectivity index (χ1) is 12.1. The number of halogens is 3. The standard InChI is InChI=1S/C14H9ClF2N4O4S/c15-9-12(16)20-14(17)21-13(9)19-6-1-2-7-5(3-6)4-8(26(23,24)25)10(18)11(7)22/h1-4,22H,18H2,(H,19,20,21)(H,23,24,25). The van der Waals surface area contributed by atoms with E-state index in [-0.39, 0.29) is 22.3 Å². The highest BCUT2D eigenvalue weighted by Crippen LogP contribution is 2.37. The van der Waals surface area contributed by atoms with Gasteiger partial charge in [0.2, 0.25) is 5.95 Å². The molecule has 0 fully saturated rings. The third-order valence-corrected chi connectivity index (χ3v) is 4.67. The van der Waals surface area contributed by atoms with Crippen molar-refractivity contribution >= 4 is 49.7 Å². The van der Waals surface area contributed by atoms with Crippen LogP contribution in [0.15, 0.2) is 29.2 Å². The Balaban J connectivity index is 2.14. The highest BCUT2D eigenvalue weighted by molar-refractivity contribution is 7.86. The van der Waals surface area contributed by atoms with Crippen LogP contribution in [0.4, 0.5) is 26.0 Å². The van der Waals surface area contributed by atoms with E-state index in [4.69, 9.17) is 17.3 Å². The van der Waals surface area contributed by atoms with Crippen LogP contribution in [0.2, 0.25) is 5.02 Å². The van der Waals surface area contributed by atoms with Gasteiger partial charge in [-0.05, 0) is 29.7 Å². The van der Waals surface area contributed by atoms with Crippen molar-refractivity contribution in [2.75, 3.05) is 11.1 Å². The predicted molar refractivity (Wildman–Crippen MR) is 90.1 cm³/mol. The fraction of sp³-hybridized carbons (Fsp3) is 0. The maximum atomic E-state index is 13.4. The van der Waals surface area contributed by atoms with E-state index in [1.54, 1.807) is 0 Å². The molecule has 0 atom stereocenters. The largest absolute Gasteiger partial charge is 0.505 e. The highest BCUT2D eigenvalue weighted by Gasteiger charge is 2.20. The van der Waals surface area contributed by atoms with Gasteiger partial charge in [0, 0.05) is 11.1 Å². The fourth-order valence-corrected chi connectivity index (χ4v) is 3.07. The number of nitrogens with two attached hydrogens (primary N) is 1. The Morgan fingerprint density at radius 2 is 1.88 bits per heavy atom. The average molecular weight is 403 g/mol. The Labute approximate surface area is 150 Å². The monoisotopic (exact) mass is 402 g/mol. The van der Waals surface area contributed by atoms with E-state index >= 15 is 0 Å². The van der Waals surface area contributed by atoms with Gasteiger partial charge in [0.15, 0.2) is 5.82 Å². The third-order valence-electron chi connectivity index (χ3n) is 3.44. The van der Waals surface area contributed by atoms with E-state index in [1.807, 2.05) is 0 Å². The third kappa shape index (κ3) is 3.19. The van der Waals surface area contributed by atoms with Gasteiger partial charge >= 0.3 is 6.08 Å². The number of hydrogen-bond acceptors (Lipinski definition) is 7. The average Bonchev–Trinajstić information content (AvgIpc) is 2.54. The van der Waals surface area contributed by atoms with Crippen molar-refractivity contribution in [1.29, 1.82) is 0 Å². The van der Waals surface area contributed by atoms with Gasteiger partial charge in [0.05, 0.1) is 5.69 Å². The summed E-state index contributed by atoms with van der Waals surface area (Å²) in [7, 11) is -4.68. The normalized spacial score (nSPS) is 11.7. The maximum absolute atomic E-state index is 13.4. The summed E-state index contributed by atoms with van der Waals surface area (Å²) in [5, 5.41) is 12.4. The zero-order valence-electron chi connectivity index (χ0n) is 12.5. The number of anilines is 3. The molecule has 0 radical (unpaired) electrons. The van der Waals surface area contributed by atoms with Gasteiger partial charge in [-0.15, -0.1) is 0 Å². The molecule has 0 saturated carbocycles. The van der Waals surface area contributed by atoms with Crippen molar-refractivity contribution < 1.29 is 26.9 Å². The molecule has 0 bridgehead atoms. The number of nitrogens with one attached hydrogen (secondary N) is 1. The lowest BCUT2D eigenvalue weighted by Crippen LogP contribution is -2.04. The number of phenols is 1. The Morgan fingerprint density at radius 1 is 1.19 bits per heavy atom. The number of phenolic OH excluding ortho intramolecular Hbond substituents is 1. The number of aromatic hydroxyl groups is 1. The van der Waals surface area contributed by atoms with Crippen LogP contribution in [-0.2, 0) is 10.1 Å². The molecule has 1 aromatic heterocycles. The van der Waals surface area contributed by atoms with Crippen molar-refractivity contribution in [3.63, 3.8) is 0 Å². The first kappa shape index (κ1) is 18.0. The number of fused-ring (bicyclic) bond motifs is 1. The van der Waals surface area contributed by atoms with E-state index in [9.17, 15) is 26.9 Å². The van der Waals surface area contributed by atoms with Crippen molar-refractivity contribution in [2.45, 2.75) is 4.90 Å². The van der Waals surface area contributed by atoms with Crippen LogP contribution in [0, 0.1) is 12.0 Å². The first-order valence-electron chi connectivity index (χ1n) is 6.76. The second kappa shape index (κ2) is 6.20. The van der Waals surface area contributed by atoms with Gasteiger partial charge < -0.3 is 16.2 Å². The van der Waals surface area contributed by atoms with Gasteiger partial charge in [-0.1, -0.05) is 11.6 Å². The molecule has 0 unspecified atom stereocenters. The molecular formula is C14H9ClF2N4O4S. The van der Waals surface area contributed by atoms with Crippen LogP contribution < -0.4 is 11.1 Å². The second-order valence-electron chi connectivity index (χ2n) is 5.12. The summed E-state index contributed by atoms with van der Waals surface area (Å²) in [5.41, 5.74) is 5.23. The highest BCUT2D eigenvalue weighted by atomic mass is 35.5. The lowest BCUT2D eigenvalue weighted by Gasteiger charge is -2.12. The molecule has 0 aliphatic rings. The number of hydrogen-bond donors (Lipinski definition) is 4. The minimum atomic E-state index is -4.68. The molecule has 0 aliphatic heterocycles. The molecule has 1 heterocycles. The summed E-state index contributed by atoms with van der Waals surface area (Å²) < 4.78 is 58.5. The van der Waals surface area contributed by atoms with Gasteiger partial charge in [0.1, 0.15) is 15.7 Å². The van der Waals surface area contributed by atoms with Crippen LogP contribution in [0.25, 0.3) is 10.8 Å². The van der Waals surface area contributed by atoms with Gasteiger partial charge in [0.25, 0.3) is 10.1 Å². The molecule has 0 saturated heterocycles. The molecule has 0 amide bonds. The zero-order valence-corrected chi connectivity index (χ0v) is 14.1. The second-order valence-corrected chi connectivity index (χ2v) is 6.89. The summed E-state index contributed by atoms with van der Waals surface area (Å²) in [4.78, 5) is 5.48. The van der Waals surface area contributed by atoms with Crippen molar-refractivity contribution in [3.8, 4) is 5.75 Å². The van der Waals surface area contributed by atoms with E-state index in [0.717, 1.165) is 6.07 Å². The predicted octanol–water partition coefficient (Wildman–Crippen LogP) is 2.84. The molecule has 0 aliphatic carbocycles. The lowest BCUT2D eigenvalue weighted by atomic mass is 10.1. The number of aromatic nitrogens is 2. The van der Waals surface area contributed by atoms with Crippen molar-refractivity contribution in [3.05, 3.63) is 41.3 Å². The molecule has 136 valence electrons. The molecule has 8 nitrogen and oxygen atoms in total. The summed E-state index contributed by atoms with van der Waals surface area (Å²) in [6, 6.07) is 5.15. The number of benzene rings is 2. The van der Waals surface area contributed by atoms with E-state index in [2.05, 4.69) is 15.3 Å². The summed E-state index contributed by atoms with van der Waals surface area (Å²) in [6.45, 7) is 0. The zero-order chi connectivity index (χ0) is 19.2. The van der Waals surface area contributed by atoms with Gasteiger partial charge in [-0.3, -0.25) is 4.55 Å². The van der Waals surface area contributed by atoms with Crippen LogP contribution in [0.1, 0.15) is 0 Å². The quantitative estimate of drug-likeness (QED) is 0.172. The minimum absolute atomic E-state index is 0.167. The Hall–Kier alpha value is -2.76. The minimum Gasteiger partial charge on any atom is -0.505 e. The molecule has 3 aromatic rings. The molecule has 3 rings (SSSR count). The molecule has 12 heteroatoms. The number of rotatable bonds is 3. The van der Waals surface area contributed by atoms with E-state index in [1.165, 1.54) is 18.2 Å². The topological polar surface area (TPSA) is 138 Å². The van der Waals surface area contributed by atoms with Crippen molar-refractivity contribution in [2.24, 2.45) is 0 Å². The Morgan fingerprint density at radius 3 is 2.54 bits per heavy atom. The molecule has 2 aromatic carbocycles. The number of nitrogens with zero attached hydrogens (tertiary/aromatic N) is 2. The molecule has 0 spiro atoms. The smallest absolute Gasteiger partial charge is 0.313 e. The molecular weight excluding hydrogens is 394 g/mol. The SMILES string of the molecule is Nc1c(S(=O)(=O)O)cc2cc(Nc3nc(F)nc(F)c3Cl)ccc2c1O. The summed E-state index contributed by atoms with van der Waals surface area (Å²) >= 11 is 5.67. The van der Waals surface area contributed by atoms with Gasteiger partial charge in [-0.25, -0.2) is 0 Å². The van der Waals surface area contributed by atoms with Crippen LogP contribution >= 0.6 is 11.6 Å². The molecule has 26 heavy (non-hydrogen) atoms. The summed E-state index contributed by atoms with van der Waals surface area (Å²) in [6.07, 6.45) is -1.34. The first-order valence-corrected chi connectivity index (χ1v) is 8.58. The Bertz CT molecular complexity index is 1160. The van der Waals surface area contributed by atoms with Crippen LogP contribution in [-0.4, -0.2) is 28.0 Å². The van der Waals surface area contributed by atoms with E-state index < -0.39 is 43.5 Å². The molecule has 5 N–H and O–H groups in total. The maximum Gasteiger partial charge on any atom is 0.313 e.